The summed E-state index contributed by atoms with van der Waals surface area (Å²) in [7, 11) is 0. The molecule has 1 saturated heterocycles. The zero-order valence-electron chi connectivity index (χ0n) is 14.9. The van der Waals surface area contributed by atoms with Gasteiger partial charge in [-0.25, -0.2) is 0 Å². The monoisotopic (exact) mass is 351 g/mol. The van der Waals surface area contributed by atoms with Gasteiger partial charge in [0.1, 0.15) is 11.9 Å². The lowest BCUT2D eigenvalue weighted by Gasteiger charge is -2.38. The van der Waals surface area contributed by atoms with Crippen molar-refractivity contribution in [2.24, 2.45) is 5.41 Å². The molecular formula is C22H25NO3. The van der Waals surface area contributed by atoms with E-state index in [0.29, 0.717) is 45.2 Å². The second kappa shape index (κ2) is 8.77. The summed E-state index contributed by atoms with van der Waals surface area (Å²) in [6.45, 7) is 1.84. The lowest BCUT2D eigenvalue weighted by Crippen LogP contribution is -2.50. The van der Waals surface area contributed by atoms with E-state index in [-0.39, 0.29) is 11.9 Å². The lowest BCUT2D eigenvalue weighted by molar-refractivity contribution is -0.140. The second-order valence-corrected chi connectivity index (χ2v) is 7.04. The Balaban J connectivity index is 1.82. The SMILES string of the molecule is O=COC(Cc1ccccc1)CC1(Cc2ccccc2)CNCCC1=O. The van der Waals surface area contributed by atoms with Crippen molar-refractivity contribution >= 4 is 12.3 Å². The third-order valence-corrected chi connectivity index (χ3v) is 5.14. The number of hydrogen-bond acceptors (Lipinski definition) is 4. The molecule has 4 nitrogen and oxygen atoms in total. The molecule has 0 saturated carbocycles. The summed E-state index contributed by atoms with van der Waals surface area (Å²) in [5.41, 5.74) is 1.70. The quantitative estimate of drug-likeness (QED) is 0.743. The van der Waals surface area contributed by atoms with Crippen molar-refractivity contribution in [1.82, 2.24) is 5.32 Å². The molecule has 2 atom stereocenters. The number of rotatable bonds is 8. The van der Waals surface area contributed by atoms with Crippen molar-refractivity contribution in [2.75, 3.05) is 13.1 Å². The zero-order chi connectivity index (χ0) is 18.2. The number of ketones is 1. The summed E-state index contributed by atoms with van der Waals surface area (Å²) in [5, 5.41) is 3.37. The number of Topliss-reactive ketones (excluding diaryl/α,β-unsaturated/α-hetero) is 1. The number of carbonyl (C=O) groups excluding carboxylic acids is 2. The standard InChI is InChI=1S/C22H25NO3/c24-17-26-20(13-18-7-3-1-4-8-18)15-22(16-23-12-11-21(22)25)14-19-9-5-2-6-10-19/h1-10,17,20,23H,11-16H2. The Bertz CT molecular complexity index is 717. The van der Waals surface area contributed by atoms with Crippen molar-refractivity contribution in [2.45, 2.75) is 31.8 Å². The number of ether oxygens (including phenoxy) is 1. The summed E-state index contributed by atoms with van der Waals surface area (Å²) in [6, 6.07) is 20.0. The zero-order valence-corrected chi connectivity index (χ0v) is 14.9. The van der Waals surface area contributed by atoms with Gasteiger partial charge in [0, 0.05) is 31.3 Å². The molecule has 0 spiro atoms. The van der Waals surface area contributed by atoms with E-state index in [1.807, 2.05) is 48.5 Å². The Hall–Kier alpha value is -2.46. The van der Waals surface area contributed by atoms with Crippen LogP contribution in [0.4, 0.5) is 0 Å². The average Bonchev–Trinajstić information content (AvgIpc) is 2.66. The third-order valence-electron chi connectivity index (χ3n) is 5.14. The molecule has 0 aromatic heterocycles. The maximum absolute atomic E-state index is 12.9. The van der Waals surface area contributed by atoms with Crippen LogP contribution in [0.5, 0.6) is 0 Å². The molecule has 1 heterocycles. The molecule has 1 fully saturated rings. The van der Waals surface area contributed by atoms with Crippen molar-refractivity contribution in [3.63, 3.8) is 0 Å². The summed E-state index contributed by atoms with van der Waals surface area (Å²) < 4.78 is 5.40. The molecule has 0 radical (unpaired) electrons. The highest BCUT2D eigenvalue weighted by Crippen LogP contribution is 2.34. The number of piperidine rings is 1. The summed E-state index contributed by atoms with van der Waals surface area (Å²) in [4.78, 5) is 24.0. The molecule has 1 N–H and O–H groups in total. The van der Waals surface area contributed by atoms with E-state index in [1.54, 1.807) is 0 Å². The maximum Gasteiger partial charge on any atom is 0.293 e. The fourth-order valence-corrected chi connectivity index (χ4v) is 3.86. The van der Waals surface area contributed by atoms with Crippen LogP contribution in [-0.4, -0.2) is 31.4 Å². The van der Waals surface area contributed by atoms with Crippen LogP contribution in [0, 0.1) is 5.41 Å². The minimum absolute atomic E-state index is 0.257. The van der Waals surface area contributed by atoms with Gasteiger partial charge in [-0.05, 0) is 24.0 Å². The fourth-order valence-electron chi connectivity index (χ4n) is 3.86. The predicted octanol–water partition coefficient (Wildman–Crippen LogP) is 2.95. The molecule has 0 aliphatic carbocycles. The van der Waals surface area contributed by atoms with E-state index in [4.69, 9.17) is 4.74 Å². The van der Waals surface area contributed by atoms with Gasteiger partial charge in [-0.3, -0.25) is 9.59 Å². The highest BCUT2D eigenvalue weighted by atomic mass is 16.5. The first kappa shape index (κ1) is 18.3. The van der Waals surface area contributed by atoms with E-state index < -0.39 is 5.41 Å². The first-order valence-electron chi connectivity index (χ1n) is 9.13. The minimum Gasteiger partial charge on any atom is -0.464 e. The van der Waals surface area contributed by atoms with Gasteiger partial charge < -0.3 is 10.1 Å². The largest absolute Gasteiger partial charge is 0.464 e. The van der Waals surface area contributed by atoms with Crippen LogP contribution in [0.15, 0.2) is 60.7 Å². The minimum atomic E-state index is -0.540. The van der Waals surface area contributed by atoms with Crippen LogP contribution >= 0.6 is 0 Å². The molecule has 2 aromatic rings. The molecule has 0 bridgehead atoms. The molecule has 3 rings (SSSR count). The Morgan fingerprint density at radius 1 is 1.04 bits per heavy atom. The fraction of sp³-hybridized carbons (Fsp3) is 0.364. The Labute approximate surface area is 154 Å². The first-order chi connectivity index (χ1) is 12.7. The van der Waals surface area contributed by atoms with Gasteiger partial charge in [0.05, 0.1) is 0 Å². The van der Waals surface area contributed by atoms with Crippen LogP contribution in [-0.2, 0) is 27.2 Å². The molecule has 2 unspecified atom stereocenters. The molecular weight excluding hydrogens is 326 g/mol. The normalized spacial score (nSPS) is 21.2. The Morgan fingerprint density at radius 2 is 1.69 bits per heavy atom. The van der Waals surface area contributed by atoms with E-state index in [1.165, 1.54) is 0 Å². The number of carbonyl (C=O) groups is 2. The van der Waals surface area contributed by atoms with Gasteiger partial charge in [-0.1, -0.05) is 60.7 Å². The molecule has 0 amide bonds. The Morgan fingerprint density at radius 3 is 2.31 bits per heavy atom. The molecule has 4 heteroatoms. The smallest absolute Gasteiger partial charge is 0.293 e. The van der Waals surface area contributed by atoms with Crippen molar-refractivity contribution in [1.29, 1.82) is 0 Å². The molecule has 1 aliphatic rings. The molecule has 2 aromatic carbocycles. The lowest BCUT2D eigenvalue weighted by atomic mass is 9.70. The highest BCUT2D eigenvalue weighted by molar-refractivity contribution is 5.86. The predicted molar refractivity (Wildman–Crippen MR) is 101 cm³/mol. The van der Waals surface area contributed by atoms with Gasteiger partial charge >= 0.3 is 0 Å². The third kappa shape index (κ3) is 4.58. The highest BCUT2D eigenvalue weighted by Gasteiger charge is 2.42. The topological polar surface area (TPSA) is 55.4 Å². The molecule has 1 aliphatic heterocycles. The number of hydrogen-bond donors (Lipinski definition) is 1. The van der Waals surface area contributed by atoms with Gasteiger partial charge in [0.15, 0.2) is 0 Å². The molecule has 136 valence electrons. The average molecular weight is 351 g/mol. The van der Waals surface area contributed by atoms with E-state index >= 15 is 0 Å². The Kier molecular flexibility index (Phi) is 6.18. The van der Waals surface area contributed by atoms with Crippen LogP contribution in [0.3, 0.4) is 0 Å². The van der Waals surface area contributed by atoms with E-state index in [9.17, 15) is 9.59 Å². The summed E-state index contributed by atoms with van der Waals surface area (Å²) >= 11 is 0. The van der Waals surface area contributed by atoms with Crippen molar-refractivity contribution in [3.05, 3.63) is 71.8 Å². The van der Waals surface area contributed by atoms with Crippen LogP contribution in [0.25, 0.3) is 0 Å². The van der Waals surface area contributed by atoms with Gasteiger partial charge in [0.2, 0.25) is 0 Å². The van der Waals surface area contributed by atoms with Crippen LogP contribution in [0.1, 0.15) is 24.0 Å². The van der Waals surface area contributed by atoms with Crippen molar-refractivity contribution in [3.8, 4) is 0 Å². The van der Waals surface area contributed by atoms with E-state index in [2.05, 4.69) is 17.4 Å². The maximum atomic E-state index is 12.9. The number of nitrogens with one attached hydrogen (secondary N) is 1. The van der Waals surface area contributed by atoms with Gasteiger partial charge in [-0.15, -0.1) is 0 Å². The van der Waals surface area contributed by atoms with Crippen LogP contribution in [0.2, 0.25) is 0 Å². The molecule has 26 heavy (non-hydrogen) atoms. The van der Waals surface area contributed by atoms with Crippen LogP contribution < -0.4 is 5.32 Å². The van der Waals surface area contributed by atoms with Crippen molar-refractivity contribution < 1.29 is 14.3 Å². The number of benzene rings is 2. The van der Waals surface area contributed by atoms with Gasteiger partial charge in [0.25, 0.3) is 6.47 Å². The second-order valence-electron chi connectivity index (χ2n) is 7.04. The first-order valence-corrected chi connectivity index (χ1v) is 9.13. The van der Waals surface area contributed by atoms with Gasteiger partial charge in [-0.2, -0.15) is 0 Å². The summed E-state index contributed by atoms with van der Waals surface area (Å²) in [6.07, 6.45) is 2.01. The summed E-state index contributed by atoms with van der Waals surface area (Å²) in [5.74, 6) is 0.257. The van der Waals surface area contributed by atoms with E-state index in [0.717, 1.165) is 11.1 Å².